The van der Waals surface area contributed by atoms with Crippen molar-refractivity contribution in [3.05, 3.63) is 0 Å². The van der Waals surface area contributed by atoms with Crippen molar-refractivity contribution in [2.24, 2.45) is 11.1 Å². The van der Waals surface area contributed by atoms with E-state index in [0.29, 0.717) is 11.5 Å². The third-order valence-corrected chi connectivity index (χ3v) is 4.54. The van der Waals surface area contributed by atoms with Crippen LogP contribution in [0.5, 0.6) is 0 Å². The first-order valence-corrected chi connectivity index (χ1v) is 7.40. The third-order valence-electron chi connectivity index (χ3n) is 4.54. The van der Waals surface area contributed by atoms with E-state index in [1.165, 1.54) is 45.1 Å². The minimum atomic E-state index is 0.411. The molecule has 1 atom stereocenters. The molecule has 0 aromatic carbocycles. The van der Waals surface area contributed by atoms with Gasteiger partial charge in [-0.1, -0.05) is 20.8 Å². The van der Waals surface area contributed by atoms with Crippen molar-refractivity contribution in [1.29, 1.82) is 0 Å². The molecule has 0 aliphatic heterocycles. The van der Waals surface area contributed by atoms with Gasteiger partial charge in [-0.15, -0.1) is 0 Å². The molecule has 2 N–H and O–H groups in total. The summed E-state index contributed by atoms with van der Waals surface area (Å²) in [5.41, 5.74) is 6.54. The van der Waals surface area contributed by atoms with E-state index in [1.807, 2.05) is 0 Å². The molecule has 102 valence electrons. The van der Waals surface area contributed by atoms with Gasteiger partial charge in [-0.2, -0.15) is 0 Å². The van der Waals surface area contributed by atoms with Crippen molar-refractivity contribution in [3.63, 3.8) is 0 Å². The summed E-state index contributed by atoms with van der Waals surface area (Å²) < 4.78 is 0. The number of rotatable bonds is 6. The highest BCUT2D eigenvalue weighted by atomic mass is 15.1. The monoisotopic (exact) mass is 240 g/mol. The second kappa shape index (κ2) is 6.75. The molecule has 0 amide bonds. The van der Waals surface area contributed by atoms with Gasteiger partial charge in [0, 0.05) is 12.1 Å². The minimum absolute atomic E-state index is 0.411. The molecule has 2 nitrogen and oxygen atoms in total. The van der Waals surface area contributed by atoms with Crippen LogP contribution in [0.25, 0.3) is 0 Å². The lowest BCUT2D eigenvalue weighted by Crippen LogP contribution is -2.38. The largest absolute Gasteiger partial charge is 0.328 e. The zero-order valence-corrected chi connectivity index (χ0v) is 12.3. The summed E-state index contributed by atoms with van der Waals surface area (Å²) >= 11 is 0. The number of nitrogens with zero attached hydrogens (tertiary/aromatic N) is 1. The third kappa shape index (κ3) is 5.39. The molecule has 0 bridgehead atoms. The normalized spacial score (nSPS) is 22.9. The molecule has 0 saturated heterocycles. The summed E-state index contributed by atoms with van der Waals surface area (Å²) in [4.78, 5) is 2.57. The fourth-order valence-corrected chi connectivity index (χ4v) is 2.81. The average Bonchev–Trinajstić information content (AvgIpc) is 2.28. The summed E-state index contributed by atoms with van der Waals surface area (Å²) in [6, 6.07) is 1.23. The second-order valence-corrected chi connectivity index (χ2v) is 6.69. The summed E-state index contributed by atoms with van der Waals surface area (Å²) in [5, 5.41) is 0. The maximum absolute atomic E-state index is 5.95. The number of nitrogens with two attached hydrogens (primary N) is 1. The van der Waals surface area contributed by atoms with Crippen LogP contribution in [0.15, 0.2) is 0 Å². The Balaban J connectivity index is 2.18. The molecular formula is C15H32N2. The minimum Gasteiger partial charge on any atom is -0.328 e. The Bertz CT molecular complexity index is 203. The highest BCUT2D eigenvalue weighted by Gasteiger charge is 2.28. The summed E-state index contributed by atoms with van der Waals surface area (Å²) in [5.74, 6) is 0. The van der Waals surface area contributed by atoms with Gasteiger partial charge in [0.2, 0.25) is 0 Å². The van der Waals surface area contributed by atoms with Crippen molar-refractivity contribution >= 4 is 0 Å². The molecule has 1 unspecified atom stereocenters. The zero-order valence-electron chi connectivity index (χ0n) is 12.3. The van der Waals surface area contributed by atoms with Crippen LogP contribution >= 0.6 is 0 Å². The van der Waals surface area contributed by atoms with Gasteiger partial charge in [0.15, 0.2) is 0 Å². The van der Waals surface area contributed by atoms with E-state index >= 15 is 0 Å². The van der Waals surface area contributed by atoms with Crippen LogP contribution < -0.4 is 5.73 Å². The highest BCUT2D eigenvalue weighted by molar-refractivity contribution is 4.82. The lowest BCUT2D eigenvalue weighted by atomic mass is 9.75. The molecule has 0 heterocycles. The van der Waals surface area contributed by atoms with E-state index < -0.39 is 0 Å². The maximum Gasteiger partial charge on any atom is 0.00926 e. The molecule has 0 spiro atoms. The standard InChI is InChI=1S/C15H32N2/c1-5-13(16)7-6-12-17(4)14-8-10-15(2,3)11-9-14/h13-14H,5-12,16H2,1-4H3. The van der Waals surface area contributed by atoms with Gasteiger partial charge >= 0.3 is 0 Å². The van der Waals surface area contributed by atoms with Crippen LogP contribution in [0.1, 0.15) is 65.7 Å². The van der Waals surface area contributed by atoms with Crippen molar-refractivity contribution in [2.75, 3.05) is 13.6 Å². The number of hydrogen-bond donors (Lipinski definition) is 1. The molecule has 1 aliphatic rings. The lowest BCUT2D eigenvalue weighted by Gasteiger charge is -2.38. The predicted octanol–water partition coefficient (Wildman–Crippen LogP) is 3.40. The Kier molecular flexibility index (Phi) is 5.94. The van der Waals surface area contributed by atoms with Crippen molar-refractivity contribution in [1.82, 2.24) is 4.90 Å². The van der Waals surface area contributed by atoms with Gasteiger partial charge in [0.1, 0.15) is 0 Å². The second-order valence-electron chi connectivity index (χ2n) is 6.69. The van der Waals surface area contributed by atoms with Gasteiger partial charge in [-0.05, 0) is 64.0 Å². The van der Waals surface area contributed by atoms with Crippen LogP contribution in [-0.2, 0) is 0 Å². The predicted molar refractivity (Wildman–Crippen MR) is 76.2 cm³/mol. The molecule has 17 heavy (non-hydrogen) atoms. The van der Waals surface area contributed by atoms with Crippen molar-refractivity contribution in [2.45, 2.75) is 77.8 Å². The van der Waals surface area contributed by atoms with E-state index in [9.17, 15) is 0 Å². The van der Waals surface area contributed by atoms with Crippen molar-refractivity contribution in [3.8, 4) is 0 Å². The fourth-order valence-electron chi connectivity index (χ4n) is 2.81. The van der Waals surface area contributed by atoms with E-state index in [2.05, 4.69) is 32.7 Å². The van der Waals surface area contributed by atoms with Gasteiger partial charge in [-0.25, -0.2) is 0 Å². The Hall–Kier alpha value is -0.0800. The van der Waals surface area contributed by atoms with Crippen LogP contribution in [0.4, 0.5) is 0 Å². The first-order chi connectivity index (χ1) is 7.94. The van der Waals surface area contributed by atoms with Crippen LogP contribution in [0.3, 0.4) is 0 Å². The molecule has 2 heteroatoms. The number of hydrogen-bond acceptors (Lipinski definition) is 2. The Morgan fingerprint density at radius 2 is 1.88 bits per heavy atom. The maximum atomic E-state index is 5.95. The van der Waals surface area contributed by atoms with Gasteiger partial charge in [0.05, 0.1) is 0 Å². The summed E-state index contributed by atoms with van der Waals surface area (Å²) in [7, 11) is 2.29. The van der Waals surface area contributed by atoms with Crippen LogP contribution in [-0.4, -0.2) is 30.6 Å². The topological polar surface area (TPSA) is 29.3 Å². The van der Waals surface area contributed by atoms with Gasteiger partial charge in [0.25, 0.3) is 0 Å². The smallest absolute Gasteiger partial charge is 0.00926 e. The molecule has 0 radical (unpaired) electrons. The molecule has 0 aromatic heterocycles. The van der Waals surface area contributed by atoms with E-state index in [1.54, 1.807) is 0 Å². The molecule has 1 fully saturated rings. The average molecular weight is 240 g/mol. The quantitative estimate of drug-likeness (QED) is 0.771. The highest BCUT2D eigenvalue weighted by Crippen LogP contribution is 2.36. The fraction of sp³-hybridized carbons (Fsp3) is 1.00. The van der Waals surface area contributed by atoms with Crippen LogP contribution in [0.2, 0.25) is 0 Å². The van der Waals surface area contributed by atoms with Crippen molar-refractivity contribution < 1.29 is 0 Å². The lowest BCUT2D eigenvalue weighted by molar-refractivity contribution is 0.126. The van der Waals surface area contributed by atoms with Crippen LogP contribution in [0, 0.1) is 5.41 Å². The van der Waals surface area contributed by atoms with Gasteiger partial charge < -0.3 is 10.6 Å². The Morgan fingerprint density at radius 1 is 1.29 bits per heavy atom. The Morgan fingerprint density at radius 3 is 2.41 bits per heavy atom. The van der Waals surface area contributed by atoms with E-state index in [-0.39, 0.29) is 0 Å². The zero-order chi connectivity index (χ0) is 12.9. The molecule has 1 rings (SSSR count). The molecule has 0 aromatic rings. The first kappa shape index (κ1) is 15.0. The summed E-state index contributed by atoms with van der Waals surface area (Å²) in [6.45, 7) is 8.21. The summed E-state index contributed by atoms with van der Waals surface area (Å²) in [6.07, 6.45) is 9.07. The molecule has 1 saturated carbocycles. The Labute approximate surface area is 108 Å². The van der Waals surface area contributed by atoms with Gasteiger partial charge in [-0.3, -0.25) is 0 Å². The van der Waals surface area contributed by atoms with E-state index in [0.717, 1.165) is 12.5 Å². The van der Waals surface area contributed by atoms with E-state index in [4.69, 9.17) is 5.73 Å². The SMILES string of the molecule is CCC(N)CCCN(C)C1CCC(C)(C)CC1. The molecule has 1 aliphatic carbocycles. The molecular weight excluding hydrogens is 208 g/mol. The first-order valence-electron chi connectivity index (χ1n) is 7.40.